The molecule has 0 spiro atoms. The zero-order chi connectivity index (χ0) is 21.3. The van der Waals surface area contributed by atoms with Gasteiger partial charge in [-0.05, 0) is 49.8 Å². The maximum atomic E-state index is 13.0. The molecule has 1 aliphatic heterocycles. The Balaban J connectivity index is 1.52. The number of carboxylic acid groups (broad SMARTS) is 1. The van der Waals surface area contributed by atoms with Crippen LogP contribution in [0.3, 0.4) is 0 Å². The molecule has 2 unspecified atom stereocenters. The predicted octanol–water partition coefficient (Wildman–Crippen LogP) is 5.51. The second-order valence-electron chi connectivity index (χ2n) is 7.34. The lowest BCUT2D eigenvalue weighted by Crippen LogP contribution is -2.42. The van der Waals surface area contributed by atoms with Crippen molar-refractivity contribution in [1.82, 2.24) is 4.90 Å². The Bertz CT molecular complexity index is 1030. The lowest BCUT2D eigenvalue weighted by atomic mass is 9.85. The van der Waals surface area contributed by atoms with E-state index in [1.54, 1.807) is 22.7 Å². The molecule has 2 fully saturated rings. The van der Waals surface area contributed by atoms with Gasteiger partial charge in [0, 0.05) is 22.6 Å². The largest absolute Gasteiger partial charge is 0.481 e. The number of carbonyl (C=O) groups is 2. The molecular formula is C22H21NO4S3. The van der Waals surface area contributed by atoms with Crippen molar-refractivity contribution < 1.29 is 19.1 Å². The summed E-state index contributed by atoms with van der Waals surface area (Å²) in [6.45, 7) is 0. The van der Waals surface area contributed by atoms with Crippen molar-refractivity contribution in [1.29, 1.82) is 0 Å². The Kier molecular flexibility index (Phi) is 6.36. The summed E-state index contributed by atoms with van der Waals surface area (Å²) >= 11 is 8.37. The fourth-order valence-electron chi connectivity index (χ4n) is 3.91. The molecular weight excluding hydrogens is 438 g/mol. The standard InChI is InChI=1S/C22H21NO4S3/c1-29-17-7-3-4-13(11-17)18-9-8-16(27-18)12-19-20(24)23(22(28)30-19)15-6-2-5-14(10-15)21(25)26/h3-4,7-9,11-12,14-15H,2,5-6,10H2,1H3,(H,25,26)/b19-12+. The fourth-order valence-corrected chi connectivity index (χ4v) is 5.75. The average molecular weight is 460 g/mol. The Labute approximate surface area is 188 Å². The number of furan rings is 1. The van der Waals surface area contributed by atoms with E-state index in [0.29, 0.717) is 27.8 Å². The van der Waals surface area contributed by atoms with Gasteiger partial charge in [0.25, 0.3) is 5.91 Å². The van der Waals surface area contributed by atoms with E-state index in [1.807, 2.05) is 36.6 Å². The molecule has 5 nitrogen and oxygen atoms in total. The van der Waals surface area contributed by atoms with E-state index in [1.165, 1.54) is 11.8 Å². The van der Waals surface area contributed by atoms with Gasteiger partial charge in [-0.3, -0.25) is 14.5 Å². The molecule has 1 aromatic heterocycles. The van der Waals surface area contributed by atoms with Gasteiger partial charge in [0.05, 0.1) is 10.8 Å². The van der Waals surface area contributed by atoms with Gasteiger partial charge in [0.15, 0.2) is 0 Å². The van der Waals surface area contributed by atoms with Crippen LogP contribution in [-0.4, -0.2) is 38.5 Å². The number of benzene rings is 1. The number of thioether (sulfide) groups is 2. The number of nitrogens with zero attached hydrogens (tertiary/aromatic N) is 1. The first-order valence-electron chi connectivity index (χ1n) is 9.70. The van der Waals surface area contributed by atoms with Gasteiger partial charge in [-0.15, -0.1) is 11.8 Å². The van der Waals surface area contributed by atoms with Crippen molar-refractivity contribution in [3.8, 4) is 11.3 Å². The maximum Gasteiger partial charge on any atom is 0.306 e. The van der Waals surface area contributed by atoms with Crippen LogP contribution >= 0.6 is 35.7 Å². The molecule has 1 saturated carbocycles. The lowest BCUT2D eigenvalue weighted by molar-refractivity contribution is -0.144. The van der Waals surface area contributed by atoms with Gasteiger partial charge in [-0.1, -0.05) is 42.5 Å². The Morgan fingerprint density at radius 2 is 2.17 bits per heavy atom. The molecule has 2 heterocycles. The molecule has 156 valence electrons. The van der Waals surface area contributed by atoms with Crippen LogP contribution in [0.25, 0.3) is 17.4 Å². The highest BCUT2D eigenvalue weighted by molar-refractivity contribution is 8.26. The summed E-state index contributed by atoms with van der Waals surface area (Å²) in [5, 5.41) is 9.34. The zero-order valence-electron chi connectivity index (χ0n) is 16.4. The topological polar surface area (TPSA) is 70.8 Å². The minimum atomic E-state index is -0.797. The minimum Gasteiger partial charge on any atom is -0.481 e. The van der Waals surface area contributed by atoms with Crippen LogP contribution in [-0.2, 0) is 9.59 Å². The molecule has 1 amide bonds. The summed E-state index contributed by atoms with van der Waals surface area (Å²) in [5.74, 6) is -0.0453. The molecule has 1 N–H and O–H groups in total. The SMILES string of the molecule is CSc1cccc(-c2ccc(/C=C3/SC(=S)N(C4CCCC(C(=O)O)C4)C3=O)o2)c1. The molecule has 2 aliphatic rings. The summed E-state index contributed by atoms with van der Waals surface area (Å²) in [6, 6.07) is 11.7. The highest BCUT2D eigenvalue weighted by atomic mass is 32.2. The van der Waals surface area contributed by atoms with E-state index >= 15 is 0 Å². The summed E-state index contributed by atoms with van der Waals surface area (Å²) in [6.07, 6.45) is 6.42. The van der Waals surface area contributed by atoms with Crippen LogP contribution in [0.5, 0.6) is 0 Å². The van der Waals surface area contributed by atoms with Crippen LogP contribution in [0.1, 0.15) is 31.4 Å². The third kappa shape index (κ3) is 4.36. The van der Waals surface area contributed by atoms with Crippen LogP contribution in [0.2, 0.25) is 0 Å². The van der Waals surface area contributed by atoms with E-state index in [-0.39, 0.29) is 11.9 Å². The van der Waals surface area contributed by atoms with Crippen LogP contribution in [0, 0.1) is 5.92 Å². The summed E-state index contributed by atoms with van der Waals surface area (Å²) < 4.78 is 6.44. The van der Waals surface area contributed by atoms with Gasteiger partial charge < -0.3 is 9.52 Å². The number of hydrogen-bond acceptors (Lipinski definition) is 6. The van der Waals surface area contributed by atoms with E-state index in [9.17, 15) is 14.7 Å². The molecule has 8 heteroatoms. The molecule has 2 aromatic rings. The van der Waals surface area contributed by atoms with Crippen molar-refractivity contribution >= 4 is 58.0 Å². The van der Waals surface area contributed by atoms with Crippen LogP contribution in [0.15, 0.2) is 50.6 Å². The second-order valence-corrected chi connectivity index (χ2v) is 9.90. The summed E-state index contributed by atoms with van der Waals surface area (Å²) in [4.78, 5) is 27.7. The number of amides is 1. The van der Waals surface area contributed by atoms with Crippen molar-refractivity contribution in [3.63, 3.8) is 0 Å². The normalized spacial score (nSPS) is 23.4. The Morgan fingerprint density at radius 1 is 1.33 bits per heavy atom. The van der Waals surface area contributed by atoms with Gasteiger partial charge in [0.1, 0.15) is 15.8 Å². The quantitative estimate of drug-likeness (QED) is 0.359. The first kappa shape index (κ1) is 21.2. The third-order valence-corrected chi connectivity index (χ3v) is 7.49. The number of thiocarbonyl (C=S) groups is 1. The number of hydrogen-bond donors (Lipinski definition) is 1. The van der Waals surface area contributed by atoms with E-state index in [4.69, 9.17) is 16.6 Å². The molecule has 1 saturated heterocycles. The predicted molar refractivity (Wildman–Crippen MR) is 124 cm³/mol. The van der Waals surface area contributed by atoms with Crippen LogP contribution < -0.4 is 0 Å². The van der Waals surface area contributed by atoms with E-state index in [2.05, 4.69) is 6.07 Å². The first-order chi connectivity index (χ1) is 14.5. The summed E-state index contributed by atoms with van der Waals surface area (Å²) in [5.41, 5.74) is 0.982. The lowest BCUT2D eigenvalue weighted by Gasteiger charge is -2.32. The molecule has 2 atom stereocenters. The maximum absolute atomic E-state index is 13.0. The Hall–Kier alpha value is -2.03. The van der Waals surface area contributed by atoms with Gasteiger partial charge in [-0.25, -0.2) is 0 Å². The van der Waals surface area contributed by atoms with E-state index in [0.717, 1.165) is 29.1 Å². The van der Waals surface area contributed by atoms with Gasteiger partial charge >= 0.3 is 5.97 Å². The van der Waals surface area contributed by atoms with Crippen molar-refractivity contribution in [2.45, 2.75) is 36.6 Å². The van der Waals surface area contributed by atoms with Gasteiger partial charge in [-0.2, -0.15) is 0 Å². The van der Waals surface area contributed by atoms with Crippen LogP contribution in [0.4, 0.5) is 0 Å². The molecule has 0 radical (unpaired) electrons. The number of carboxylic acids is 1. The fraction of sp³-hybridized carbons (Fsp3) is 0.318. The first-order valence-corrected chi connectivity index (χ1v) is 12.2. The number of rotatable bonds is 5. The van der Waals surface area contributed by atoms with Crippen molar-refractivity contribution in [3.05, 3.63) is 47.1 Å². The summed E-state index contributed by atoms with van der Waals surface area (Å²) in [7, 11) is 0. The molecule has 30 heavy (non-hydrogen) atoms. The average Bonchev–Trinajstić information content (AvgIpc) is 3.32. The number of carbonyl (C=O) groups excluding carboxylic acids is 1. The van der Waals surface area contributed by atoms with Crippen molar-refractivity contribution in [2.75, 3.05) is 6.26 Å². The monoisotopic (exact) mass is 459 g/mol. The van der Waals surface area contributed by atoms with Gasteiger partial charge in [0.2, 0.25) is 0 Å². The van der Waals surface area contributed by atoms with Crippen molar-refractivity contribution in [2.24, 2.45) is 5.92 Å². The Morgan fingerprint density at radius 3 is 2.93 bits per heavy atom. The molecule has 4 rings (SSSR count). The molecule has 1 aromatic carbocycles. The smallest absolute Gasteiger partial charge is 0.306 e. The minimum absolute atomic E-state index is 0.153. The zero-order valence-corrected chi connectivity index (χ0v) is 18.8. The highest BCUT2D eigenvalue weighted by Crippen LogP contribution is 2.39. The molecule has 1 aliphatic carbocycles. The van der Waals surface area contributed by atoms with E-state index < -0.39 is 11.9 Å². The third-order valence-electron chi connectivity index (χ3n) is 5.44. The second kappa shape index (κ2) is 8.99. The highest BCUT2D eigenvalue weighted by Gasteiger charge is 2.40. The number of aliphatic carboxylic acids is 1. The molecule has 0 bridgehead atoms.